The van der Waals surface area contributed by atoms with E-state index in [1.54, 1.807) is 17.1 Å². The fraction of sp³-hybridized carbons (Fsp3) is 0.333. The van der Waals surface area contributed by atoms with Gasteiger partial charge in [0, 0.05) is 49.2 Å². The van der Waals surface area contributed by atoms with Crippen LogP contribution >= 0.6 is 11.6 Å². The number of ether oxygens (including phenoxy) is 2. The molecule has 0 saturated carbocycles. The summed E-state index contributed by atoms with van der Waals surface area (Å²) in [6.45, 7) is 2.59. The predicted molar refractivity (Wildman–Crippen MR) is 111 cm³/mol. The number of benzene rings is 1. The summed E-state index contributed by atoms with van der Waals surface area (Å²) in [7, 11) is 0. The lowest BCUT2D eigenvalue weighted by Gasteiger charge is -2.19. The summed E-state index contributed by atoms with van der Waals surface area (Å²) in [6, 6.07) is 7.62. The van der Waals surface area contributed by atoms with Crippen LogP contribution in [0, 0.1) is 5.92 Å². The third-order valence-electron chi connectivity index (χ3n) is 4.89. The Hall–Kier alpha value is -3.13. The Kier molecular flexibility index (Phi) is 5.85. The van der Waals surface area contributed by atoms with Gasteiger partial charge in [-0.3, -0.25) is 19.3 Å². The summed E-state index contributed by atoms with van der Waals surface area (Å²) in [5, 5.41) is 7.94. The summed E-state index contributed by atoms with van der Waals surface area (Å²) in [4.78, 5) is 26.9. The first kappa shape index (κ1) is 20.2. The second kappa shape index (κ2) is 8.71. The average molecular weight is 429 g/mol. The number of amides is 1. The summed E-state index contributed by atoms with van der Waals surface area (Å²) in [5.41, 5.74) is 1.87. The van der Waals surface area contributed by atoms with Gasteiger partial charge in [-0.15, -0.1) is 0 Å². The highest BCUT2D eigenvalue weighted by Crippen LogP contribution is 2.34. The van der Waals surface area contributed by atoms with E-state index >= 15 is 0 Å². The van der Waals surface area contributed by atoms with Gasteiger partial charge in [0.2, 0.25) is 5.91 Å². The monoisotopic (exact) mass is 428 g/mol. The molecule has 9 heteroatoms. The van der Waals surface area contributed by atoms with Crippen LogP contribution in [0.5, 0.6) is 5.75 Å². The van der Waals surface area contributed by atoms with E-state index in [-0.39, 0.29) is 24.4 Å². The van der Waals surface area contributed by atoms with Gasteiger partial charge in [0.05, 0.1) is 18.3 Å². The lowest BCUT2D eigenvalue weighted by molar-refractivity contribution is -0.141. The van der Waals surface area contributed by atoms with Gasteiger partial charge >= 0.3 is 5.97 Å². The molecule has 0 bridgehead atoms. The molecule has 1 fully saturated rings. The van der Waals surface area contributed by atoms with Gasteiger partial charge < -0.3 is 14.8 Å². The largest absolute Gasteiger partial charge is 0.474 e. The van der Waals surface area contributed by atoms with Crippen LogP contribution in [0.1, 0.15) is 13.3 Å². The number of pyridine rings is 1. The minimum absolute atomic E-state index is 0.0179. The molecule has 1 aromatic carbocycles. The first-order valence-electron chi connectivity index (χ1n) is 9.62. The highest BCUT2D eigenvalue weighted by atomic mass is 35.5. The number of esters is 1. The van der Waals surface area contributed by atoms with Crippen molar-refractivity contribution in [3.05, 3.63) is 42.9 Å². The lowest BCUT2D eigenvalue weighted by atomic mass is 10.1. The topological polar surface area (TPSA) is 95.3 Å². The van der Waals surface area contributed by atoms with Gasteiger partial charge in [0.25, 0.3) is 0 Å². The van der Waals surface area contributed by atoms with E-state index < -0.39 is 5.56 Å². The maximum atomic E-state index is 11.5. The number of fused-ring (bicyclic) bond motifs is 1. The third kappa shape index (κ3) is 4.54. The summed E-state index contributed by atoms with van der Waals surface area (Å²) in [6.07, 6.45) is 5.67. The van der Waals surface area contributed by atoms with E-state index in [9.17, 15) is 9.59 Å². The molecule has 1 N–H and O–H groups in total. The number of alkyl halides is 1. The van der Waals surface area contributed by atoms with Crippen LogP contribution in [0.2, 0.25) is 0 Å². The first-order chi connectivity index (χ1) is 14.5. The minimum Gasteiger partial charge on any atom is -0.474 e. The van der Waals surface area contributed by atoms with E-state index in [4.69, 9.17) is 21.1 Å². The number of carbonyl (C=O) groups excluding carboxylic acids is 2. The zero-order chi connectivity index (χ0) is 21.1. The predicted octanol–water partition coefficient (Wildman–Crippen LogP) is 2.74. The smallest absolute Gasteiger partial charge is 0.302 e. The number of nitrogens with one attached hydrogen (secondary N) is 1. The number of carbonyl (C=O) groups is 2. The first-order valence-corrected chi connectivity index (χ1v) is 10.1. The van der Waals surface area contributed by atoms with E-state index in [2.05, 4.69) is 15.4 Å². The van der Waals surface area contributed by atoms with Crippen molar-refractivity contribution in [1.29, 1.82) is 0 Å². The van der Waals surface area contributed by atoms with Crippen molar-refractivity contribution in [3.8, 4) is 16.9 Å². The van der Waals surface area contributed by atoms with Gasteiger partial charge in [-0.1, -0.05) is 11.6 Å². The fourth-order valence-electron chi connectivity index (χ4n) is 3.36. The second-order valence-electron chi connectivity index (χ2n) is 7.11. The Morgan fingerprint density at radius 1 is 1.40 bits per heavy atom. The van der Waals surface area contributed by atoms with Gasteiger partial charge in [-0.25, -0.2) is 0 Å². The quantitative estimate of drug-likeness (QED) is 0.459. The third-order valence-corrected chi connectivity index (χ3v) is 5.34. The molecule has 0 spiro atoms. The molecule has 30 heavy (non-hydrogen) atoms. The molecule has 2 atom stereocenters. The maximum Gasteiger partial charge on any atom is 0.302 e. The highest BCUT2D eigenvalue weighted by Gasteiger charge is 2.30. The molecule has 1 amide bonds. The van der Waals surface area contributed by atoms with Gasteiger partial charge in [-0.05, 0) is 29.8 Å². The molecule has 1 aliphatic rings. The van der Waals surface area contributed by atoms with Crippen LogP contribution in [-0.2, 0) is 20.9 Å². The standard InChI is InChI=1S/C21H21ClN4O4/c1-13(27)29-6-5-26-12-16(11-25-26)14-7-18-17(3-2-4-23-18)19(8-14)30-21(22)15-9-20(28)24-10-15/h2-4,7-8,11-12,15,21H,5-6,9-10H2,1H3,(H,24,28). The summed E-state index contributed by atoms with van der Waals surface area (Å²) in [5.74, 6) is 0.163. The van der Waals surface area contributed by atoms with Crippen molar-refractivity contribution < 1.29 is 19.1 Å². The number of halogens is 1. The number of hydrogen-bond donors (Lipinski definition) is 1. The Bertz CT molecular complexity index is 1080. The molecular formula is C21H21ClN4O4. The van der Waals surface area contributed by atoms with Crippen molar-refractivity contribution in [2.45, 2.75) is 25.5 Å². The Morgan fingerprint density at radius 3 is 3.03 bits per heavy atom. The van der Waals surface area contributed by atoms with Crippen LogP contribution in [0.15, 0.2) is 42.9 Å². The second-order valence-corrected chi connectivity index (χ2v) is 7.54. The molecule has 3 heterocycles. The molecule has 1 saturated heterocycles. The number of nitrogens with zero attached hydrogens (tertiary/aromatic N) is 3. The summed E-state index contributed by atoms with van der Waals surface area (Å²) < 4.78 is 12.7. The van der Waals surface area contributed by atoms with Crippen molar-refractivity contribution in [3.63, 3.8) is 0 Å². The van der Waals surface area contributed by atoms with Crippen molar-refractivity contribution >= 4 is 34.4 Å². The van der Waals surface area contributed by atoms with Crippen LogP contribution in [0.4, 0.5) is 0 Å². The molecule has 0 aliphatic carbocycles. The molecule has 156 valence electrons. The van der Waals surface area contributed by atoms with Crippen molar-refractivity contribution in [2.75, 3.05) is 13.2 Å². The Labute approximate surface area is 178 Å². The van der Waals surface area contributed by atoms with E-state index in [1.807, 2.05) is 30.5 Å². The van der Waals surface area contributed by atoms with Crippen molar-refractivity contribution in [1.82, 2.24) is 20.1 Å². The van der Waals surface area contributed by atoms with Crippen LogP contribution < -0.4 is 10.1 Å². The van der Waals surface area contributed by atoms with Gasteiger partial charge in [-0.2, -0.15) is 5.10 Å². The fourth-order valence-corrected chi connectivity index (χ4v) is 3.64. The van der Waals surface area contributed by atoms with Crippen LogP contribution in [-0.4, -0.2) is 45.4 Å². The van der Waals surface area contributed by atoms with Gasteiger partial charge in [0.15, 0.2) is 5.56 Å². The molecule has 0 radical (unpaired) electrons. The Morgan fingerprint density at radius 2 is 2.27 bits per heavy atom. The van der Waals surface area contributed by atoms with Gasteiger partial charge in [0.1, 0.15) is 12.4 Å². The lowest BCUT2D eigenvalue weighted by Crippen LogP contribution is -2.23. The number of hydrogen-bond acceptors (Lipinski definition) is 6. The zero-order valence-electron chi connectivity index (χ0n) is 16.4. The maximum absolute atomic E-state index is 11.5. The summed E-state index contributed by atoms with van der Waals surface area (Å²) >= 11 is 6.48. The molecule has 4 rings (SSSR count). The van der Waals surface area contributed by atoms with E-state index in [1.165, 1.54) is 6.92 Å². The molecule has 8 nitrogen and oxygen atoms in total. The molecule has 2 aromatic heterocycles. The highest BCUT2D eigenvalue weighted by molar-refractivity contribution is 6.20. The van der Waals surface area contributed by atoms with E-state index in [0.29, 0.717) is 25.3 Å². The zero-order valence-corrected chi connectivity index (χ0v) is 17.1. The van der Waals surface area contributed by atoms with E-state index in [0.717, 1.165) is 22.0 Å². The van der Waals surface area contributed by atoms with Crippen LogP contribution in [0.25, 0.3) is 22.0 Å². The molecular weight excluding hydrogens is 408 g/mol. The van der Waals surface area contributed by atoms with Crippen LogP contribution in [0.3, 0.4) is 0 Å². The normalized spacial score (nSPS) is 17.0. The molecule has 2 unspecified atom stereocenters. The average Bonchev–Trinajstić information content (AvgIpc) is 3.37. The molecule has 3 aromatic rings. The molecule has 1 aliphatic heterocycles. The van der Waals surface area contributed by atoms with Crippen molar-refractivity contribution in [2.24, 2.45) is 5.92 Å². The SMILES string of the molecule is CC(=O)OCCn1cc(-c2cc(OC(Cl)C3CNC(=O)C3)c3cccnc3c2)cn1. The minimum atomic E-state index is -0.644. The Balaban J connectivity index is 1.59. The number of aromatic nitrogens is 3. The number of rotatable bonds is 7.